The summed E-state index contributed by atoms with van der Waals surface area (Å²) in [5.41, 5.74) is 2.02. The summed E-state index contributed by atoms with van der Waals surface area (Å²) in [6.45, 7) is 5.40. The van der Waals surface area contributed by atoms with E-state index in [0.717, 1.165) is 24.4 Å². The van der Waals surface area contributed by atoms with Crippen molar-refractivity contribution in [2.75, 3.05) is 30.9 Å². The lowest BCUT2D eigenvalue weighted by molar-refractivity contribution is 0.102. The summed E-state index contributed by atoms with van der Waals surface area (Å²) >= 11 is 0. The second kappa shape index (κ2) is 9.64. The van der Waals surface area contributed by atoms with Crippen LogP contribution in [0.3, 0.4) is 0 Å². The Labute approximate surface area is 148 Å². The number of benzene rings is 1. The van der Waals surface area contributed by atoms with Gasteiger partial charge in [0.15, 0.2) is 0 Å². The van der Waals surface area contributed by atoms with E-state index in [4.69, 9.17) is 9.47 Å². The number of methoxy groups -OCH3 is 1. The number of nitrogens with zero attached hydrogens (tertiary/aromatic N) is 1. The van der Waals surface area contributed by atoms with Crippen molar-refractivity contribution in [3.05, 3.63) is 48.3 Å². The summed E-state index contributed by atoms with van der Waals surface area (Å²) in [7, 11) is 1.67. The Morgan fingerprint density at radius 3 is 2.60 bits per heavy atom. The Morgan fingerprint density at radius 1 is 1.16 bits per heavy atom. The smallest absolute Gasteiger partial charge is 0.257 e. The fraction of sp³-hybridized carbons (Fsp3) is 0.368. The minimum absolute atomic E-state index is 0.116. The molecule has 2 N–H and O–H groups in total. The number of anilines is 2. The molecule has 0 saturated carbocycles. The summed E-state index contributed by atoms with van der Waals surface area (Å²) in [5.74, 6) is 0.572. The largest absolute Gasteiger partial charge is 0.491 e. The van der Waals surface area contributed by atoms with E-state index in [1.54, 1.807) is 25.6 Å². The van der Waals surface area contributed by atoms with E-state index in [1.807, 2.05) is 38.1 Å². The standard InChI is InChI=1S/C19H25N3O3/c1-14(2)25-18-7-5-16(6-8-18)22-19(23)15-11-17(13-20-12-15)21-9-4-10-24-3/h5-8,11-14,21H,4,9-10H2,1-3H3,(H,22,23). The lowest BCUT2D eigenvalue weighted by Crippen LogP contribution is -2.13. The summed E-state index contributed by atoms with van der Waals surface area (Å²) in [4.78, 5) is 16.5. The SMILES string of the molecule is COCCCNc1cncc(C(=O)Nc2ccc(OC(C)C)cc2)c1. The molecule has 0 atom stereocenters. The molecule has 0 saturated heterocycles. The third-order valence-corrected chi connectivity index (χ3v) is 3.34. The molecule has 0 spiro atoms. The molecule has 1 aromatic carbocycles. The molecule has 1 aromatic heterocycles. The lowest BCUT2D eigenvalue weighted by Gasteiger charge is -2.11. The number of carbonyl (C=O) groups is 1. The van der Waals surface area contributed by atoms with Crippen molar-refractivity contribution >= 4 is 17.3 Å². The normalized spacial score (nSPS) is 10.6. The molecule has 0 radical (unpaired) electrons. The average molecular weight is 343 g/mol. The number of rotatable bonds is 9. The van der Waals surface area contributed by atoms with Crippen molar-refractivity contribution in [2.45, 2.75) is 26.4 Å². The molecule has 0 aliphatic rings. The predicted octanol–water partition coefficient (Wildman–Crippen LogP) is 3.57. The highest BCUT2D eigenvalue weighted by Crippen LogP contribution is 2.18. The van der Waals surface area contributed by atoms with Gasteiger partial charge >= 0.3 is 0 Å². The first kappa shape index (κ1) is 18.7. The number of amides is 1. The van der Waals surface area contributed by atoms with Crippen LogP contribution in [0, 0.1) is 0 Å². The second-order valence-electron chi connectivity index (χ2n) is 5.88. The second-order valence-corrected chi connectivity index (χ2v) is 5.88. The Kier molecular flexibility index (Phi) is 7.22. The quantitative estimate of drug-likeness (QED) is 0.681. The highest BCUT2D eigenvalue weighted by molar-refractivity contribution is 6.04. The highest BCUT2D eigenvalue weighted by Gasteiger charge is 2.08. The molecule has 6 nitrogen and oxygen atoms in total. The van der Waals surface area contributed by atoms with Gasteiger partial charge in [-0.1, -0.05) is 0 Å². The third kappa shape index (κ3) is 6.43. The van der Waals surface area contributed by atoms with Crippen LogP contribution >= 0.6 is 0 Å². The van der Waals surface area contributed by atoms with Crippen LogP contribution in [0.4, 0.5) is 11.4 Å². The van der Waals surface area contributed by atoms with Crippen molar-refractivity contribution in [1.82, 2.24) is 4.98 Å². The van der Waals surface area contributed by atoms with Crippen LogP contribution in [0.15, 0.2) is 42.7 Å². The number of carbonyl (C=O) groups excluding carboxylic acids is 1. The maximum atomic E-state index is 12.4. The first-order valence-electron chi connectivity index (χ1n) is 8.34. The van der Waals surface area contributed by atoms with Crippen molar-refractivity contribution in [3.8, 4) is 5.75 Å². The van der Waals surface area contributed by atoms with Crippen LogP contribution in [0.5, 0.6) is 5.75 Å². The number of hydrogen-bond donors (Lipinski definition) is 2. The highest BCUT2D eigenvalue weighted by atomic mass is 16.5. The molecule has 0 aliphatic carbocycles. The van der Waals surface area contributed by atoms with Crippen LogP contribution < -0.4 is 15.4 Å². The van der Waals surface area contributed by atoms with E-state index < -0.39 is 0 Å². The van der Waals surface area contributed by atoms with E-state index in [-0.39, 0.29) is 12.0 Å². The fourth-order valence-corrected chi connectivity index (χ4v) is 2.20. The van der Waals surface area contributed by atoms with E-state index in [2.05, 4.69) is 15.6 Å². The number of ether oxygens (including phenoxy) is 2. The Bertz CT molecular complexity index is 672. The van der Waals surface area contributed by atoms with Gasteiger partial charge in [0.05, 0.1) is 17.4 Å². The van der Waals surface area contributed by atoms with Crippen LogP contribution in [0.2, 0.25) is 0 Å². The van der Waals surface area contributed by atoms with Crippen molar-refractivity contribution in [3.63, 3.8) is 0 Å². The zero-order valence-electron chi connectivity index (χ0n) is 14.9. The van der Waals surface area contributed by atoms with Gasteiger partial charge in [-0.15, -0.1) is 0 Å². The van der Waals surface area contributed by atoms with Gasteiger partial charge in [-0.25, -0.2) is 0 Å². The zero-order valence-corrected chi connectivity index (χ0v) is 14.9. The Balaban J connectivity index is 1.93. The molecule has 6 heteroatoms. The van der Waals surface area contributed by atoms with Gasteiger partial charge in [0.1, 0.15) is 5.75 Å². The van der Waals surface area contributed by atoms with Crippen LogP contribution in [0.25, 0.3) is 0 Å². The fourth-order valence-electron chi connectivity index (χ4n) is 2.20. The molecular weight excluding hydrogens is 318 g/mol. The van der Waals surface area contributed by atoms with Crippen LogP contribution in [-0.2, 0) is 4.74 Å². The number of aromatic nitrogens is 1. The van der Waals surface area contributed by atoms with Gasteiger partial charge in [-0.2, -0.15) is 0 Å². The van der Waals surface area contributed by atoms with Gasteiger partial charge < -0.3 is 20.1 Å². The van der Waals surface area contributed by atoms with Gasteiger partial charge in [0.25, 0.3) is 5.91 Å². The maximum Gasteiger partial charge on any atom is 0.257 e. The molecule has 134 valence electrons. The zero-order chi connectivity index (χ0) is 18.1. The van der Waals surface area contributed by atoms with Crippen molar-refractivity contribution in [1.29, 1.82) is 0 Å². The first-order chi connectivity index (χ1) is 12.1. The molecule has 1 amide bonds. The van der Waals surface area contributed by atoms with Crippen LogP contribution in [0.1, 0.15) is 30.6 Å². The third-order valence-electron chi connectivity index (χ3n) is 3.34. The van der Waals surface area contributed by atoms with Gasteiger partial charge in [-0.05, 0) is 50.6 Å². The summed E-state index contributed by atoms with van der Waals surface area (Å²) in [6, 6.07) is 9.08. The van der Waals surface area contributed by atoms with E-state index >= 15 is 0 Å². The van der Waals surface area contributed by atoms with Gasteiger partial charge in [0.2, 0.25) is 0 Å². The van der Waals surface area contributed by atoms with Crippen molar-refractivity contribution in [2.24, 2.45) is 0 Å². The average Bonchev–Trinajstić information content (AvgIpc) is 2.60. The Morgan fingerprint density at radius 2 is 1.92 bits per heavy atom. The van der Waals surface area contributed by atoms with E-state index in [0.29, 0.717) is 17.9 Å². The molecule has 0 fully saturated rings. The molecule has 0 bridgehead atoms. The topological polar surface area (TPSA) is 72.5 Å². The Hall–Kier alpha value is -2.60. The number of pyridine rings is 1. The lowest BCUT2D eigenvalue weighted by atomic mass is 10.2. The van der Waals surface area contributed by atoms with Gasteiger partial charge in [0, 0.05) is 38.3 Å². The summed E-state index contributed by atoms with van der Waals surface area (Å²) < 4.78 is 10.6. The number of nitrogens with one attached hydrogen (secondary N) is 2. The molecule has 25 heavy (non-hydrogen) atoms. The van der Waals surface area contributed by atoms with E-state index in [1.165, 1.54) is 0 Å². The summed E-state index contributed by atoms with van der Waals surface area (Å²) in [5, 5.41) is 6.09. The van der Waals surface area contributed by atoms with Crippen molar-refractivity contribution < 1.29 is 14.3 Å². The maximum absolute atomic E-state index is 12.4. The molecule has 2 aromatic rings. The molecule has 0 aliphatic heterocycles. The van der Waals surface area contributed by atoms with E-state index in [9.17, 15) is 4.79 Å². The van der Waals surface area contributed by atoms with Gasteiger partial charge in [-0.3, -0.25) is 9.78 Å². The minimum Gasteiger partial charge on any atom is -0.491 e. The minimum atomic E-state index is -0.203. The monoisotopic (exact) mass is 343 g/mol. The van der Waals surface area contributed by atoms with Crippen LogP contribution in [-0.4, -0.2) is 37.3 Å². The molecule has 1 heterocycles. The molecular formula is C19H25N3O3. The number of hydrogen-bond acceptors (Lipinski definition) is 5. The summed E-state index contributed by atoms with van der Waals surface area (Å²) in [6.07, 6.45) is 4.25. The first-order valence-corrected chi connectivity index (χ1v) is 8.34. The predicted molar refractivity (Wildman–Crippen MR) is 99.4 cm³/mol. The molecule has 0 unspecified atom stereocenters. The molecule has 2 rings (SSSR count).